The van der Waals surface area contributed by atoms with Crippen LogP contribution in [0.5, 0.6) is 0 Å². The van der Waals surface area contributed by atoms with E-state index in [0.717, 1.165) is 16.5 Å². The van der Waals surface area contributed by atoms with E-state index >= 15 is 0 Å². The van der Waals surface area contributed by atoms with Crippen LogP contribution in [0, 0.1) is 0 Å². The van der Waals surface area contributed by atoms with Crippen molar-refractivity contribution in [2.45, 2.75) is 11.4 Å². The van der Waals surface area contributed by atoms with Crippen LogP contribution < -0.4 is 4.72 Å². The number of benzene rings is 2. The first-order valence-corrected chi connectivity index (χ1v) is 7.59. The van der Waals surface area contributed by atoms with Gasteiger partial charge in [-0.05, 0) is 22.9 Å². The van der Waals surface area contributed by atoms with Crippen molar-refractivity contribution in [3.05, 3.63) is 60.7 Å². The molecule has 20 heavy (non-hydrogen) atoms. The van der Waals surface area contributed by atoms with Crippen molar-refractivity contribution in [1.82, 2.24) is 14.7 Å². The Hall–Kier alpha value is -2.18. The van der Waals surface area contributed by atoms with Crippen molar-refractivity contribution >= 4 is 20.8 Å². The molecular weight excluding hydrogens is 274 g/mol. The molecule has 2 N–H and O–H groups in total. The lowest BCUT2D eigenvalue weighted by atomic mass is 10.1. The second-order valence-electron chi connectivity index (χ2n) is 4.41. The van der Waals surface area contributed by atoms with E-state index in [9.17, 15) is 8.42 Å². The van der Waals surface area contributed by atoms with E-state index in [2.05, 4.69) is 14.7 Å². The molecule has 5 nitrogen and oxygen atoms in total. The van der Waals surface area contributed by atoms with E-state index in [-0.39, 0.29) is 11.4 Å². The fraction of sp³-hybridized carbons (Fsp3) is 0.0714. The number of nitrogens with one attached hydrogen (secondary N) is 2. The van der Waals surface area contributed by atoms with Crippen LogP contribution in [0.3, 0.4) is 0 Å². The summed E-state index contributed by atoms with van der Waals surface area (Å²) in [6.45, 7) is 0.190. The van der Waals surface area contributed by atoms with E-state index in [1.807, 2.05) is 24.3 Å². The molecular formula is C14H13N3O2S. The second-order valence-corrected chi connectivity index (χ2v) is 6.18. The molecule has 6 heteroatoms. The lowest BCUT2D eigenvalue weighted by Gasteiger charge is -2.07. The van der Waals surface area contributed by atoms with Crippen molar-refractivity contribution in [2.24, 2.45) is 0 Å². The molecule has 0 fully saturated rings. The maximum absolute atomic E-state index is 12.2. The van der Waals surface area contributed by atoms with Crippen molar-refractivity contribution in [3.63, 3.8) is 0 Å². The number of fused-ring (bicyclic) bond motifs is 1. The third-order valence-corrected chi connectivity index (χ3v) is 4.44. The van der Waals surface area contributed by atoms with Crippen LogP contribution in [0.2, 0.25) is 0 Å². The summed E-state index contributed by atoms with van der Waals surface area (Å²) in [7, 11) is -3.53. The van der Waals surface area contributed by atoms with Gasteiger partial charge in [0.2, 0.25) is 10.0 Å². The zero-order valence-electron chi connectivity index (χ0n) is 10.6. The van der Waals surface area contributed by atoms with Crippen LogP contribution in [-0.4, -0.2) is 18.4 Å². The fourth-order valence-electron chi connectivity index (χ4n) is 1.97. The van der Waals surface area contributed by atoms with E-state index in [0.29, 0.717) is 0 Å². The van der Waals surface area contributed by atoms with Crippen LogP contribution in [0.15, 0.2) is 59.9 Å². The van der Waals surface area contributed by atoms with Crippen LogP contribution in [-0.2, 0) is 16.6 Å². The molecule has 0 bridgehead atoms. The Balaban J connectivity index is 1.88. The average Bonchev–Trinajstić information content (AvgIpc) is 2.98. The molecule has 0 aliphatic carbocycles. The van der Waals surface area contributed by atoms with Crippen molar-refractivity contribution in [2.75, 3.05) is 0 Å². The van der Waals surface area contributed by atoms with Gasteiger partial charge in [0.15, 0.2) is 0 Å². The minimum atomic E-state index is -3.53. The maximum atomic E-state index is 12.2. The topological polar surface area (TPSA) is 74.8 Å². The molecule has 102 valence electrons. The molecule has 0 amide bonds. The number of nitrogens with zero attached hydrogens (tertiary/aromatic N) is 1. The molecule has 1 heterocycles. The molecule has 3 aromatic rings. The summed E-state index contributed by atoms with van der Waals surface area (Å²) < 4.78 is 27.0. The lowest BCUT2D eigenvalue weighted by molar-refractivity contribution is 0.580. The molecule has 3 rings (SSSR count). The van der Waals surface area contributed by atoms with Crippen molar-refractivity contribution in [3.8, 4) is 0 Å². The Kier molecular flexibility index (Phi) is 3.25. The van der Waals surface area contributed by atoms with Crippen molar-refractivity contribution < 1.29 is 8.42 Å². The highest BCUT2D eigenvalue weighted by atomic mass is 32.2. The third-order valence-electron chi connectivity index (χ3n) is 3.04. The Labute approximate surface area is 116 Å². The number of aromatic amines is 1. The molecule has 0 aliphatic heterocycles. The first-order chi connectivity index (χ1) is 9.65. The smallest absolute Gasteiger partial charge is 0.240 e. The fourth-order valence-corrected chi connectivity index (χ4v) is 3.01. The summed E-state index contributed by atoms with van der Waals surface area (Å²) in [5.41, 5.74) is 0.717. The molecule has 0 unspecified atom stereocenters. The second kappa shape index (κ2) is 5.07. The largest absolute Gasteiger partial charge is 0.347 e. The summed E-state index contributed by atoms with van der Waals surface area (Å²) >= 11 is 0. The Morgan fingerprint density at radius 3 is 2.65 bits per heavy atom. The summed E-state index contributed by atoms with van der Waals surface area (Å²) in [6.07, 6.45) is 3.10. The molecule has 0 radical (unpaired) electrons. The highest BCUT2D eigenvalue weighted by Crippen LogP contribution is 2.18. The first-order valence-electron chi connectivity index (χ1n) is 6.11. The number of hydrogen-bond acceptors (Lipinski definition) is 3. The number of aromatic nitrogens is 2. The normalized spacial score (nSPS) is 11.8. The predicted octanol–water partition coefficient (Wildman–Crippen LogP) is 2.04. The summed E-state index contributed by atoms with van der Waals surface area (Å²) in [5, 5.41) is 1.91. The first kappa shape index (κ1) is 12.8. The van der Waals surface area contributed by atoms with Gasteiger partial charge < -0.3 is 4.98 Å². The highest BCUT2D eigenvalue weighted by Gasteiger charge is 2.14. The summed E-state index contributed by atoms with van der Waals surface area (Å²) in [5.74, 6) is 0. The van der Waals surface area contributed by atoms with Gasteiger partial charge in [0, 0.05) is 11.9 Å². The summed E-state index contributed by atoms with van der Waals surface area (Å²) in [4.78, 5) is 6.96. The van der Waals surface area contributed by atoms with Crippen LogP contribution in [0.25, 0.3) is 10.8 Å². The number of H-pyrrole nitrogens is 1. The maximum Gasteiger partial charge on any atom is 0.240 e. The van der Waals surface area contributed by atoms with E-state index < -0.39 is 10.0 Å². The third kappa shape index (κ3) is 2.56. The Bertz CT molecular complexity index is 827. The number of imidazole rings is 1. The van der Waals surface area contributed by atoms with Gasteiger partial charge in [-0.3, -0.25) is 0 Å². The zero-order valence-corrected chi connectivity index (χ0v) is 11.4. The van der Waals surface area contributed by atoms with Gasteiger partial charge in [0.1, 0.15) is 0 Å². The Morgan fingerprint density at radius 2 is 1.90 bits per heavy atom. The average molecular weight is 287 g/mol. The SMILES string of the molecule is O=S(=O)(NCc1cnc[nH]1)c1ccc2ccccc2c1. The number of hydrogen-bond donors (Lipinski definition) is 2. The number of sulfonamides is 1. The molecule has 2 aromatic carbocycles. The monoisotopic (exact) mass is 287 g/mol. The van der Waals surface area contributed by atoms with Gasteiger partial charge >= 0.3 is 0 Å². The quantitative estimate of drug-likeness (QED) is 0.771. The van der Waals surface area contributed by atoms with Crippen LogP contribution in [0.1, 0.15) is 5.69 Å². The van der Waals surface area contributed by atoms with Crippen LogP contribution in [0.4, 0.5) is 0 Å². The van der Waals surface area contributed by atoms with Gasteiger partial charge in [-0.25, -0.2) is 18.1 Å². The molecule has 0 saturated heterocycles. The van der Waals surface area contributed by atoms with E-state index in [4.69, 9.17) is 0 Å². The van der Waals surface area contributed by atoms with Crippen molar-refractivity contribution in [1.29, 1.82) is 0 Å². The lowest BCUT2D eigenvalue weighted by Crippen LogP contribution is -2.23. The van der Waals surface area contributed by atoms with Gasteiger partial charge in [0.25, 0.3) is 0 Å². The predicted molar refractivity (Wildman–Crippen MR) is 76.6 cm³/mol. The number of rotatable bonds is 4. The summed E-state index contributed by atoms with van der Waals surface area (Å²) in [6, 6.07) is 12.7. The molecule has 1 aromatic heterocycles. The van der Waals surface area contributed by atoms with Gasteiger partial charge in [-0.15, -0.1) is 0 Å². The Morgan fingerprint density at radius 1 is 1.10 bits per heavy atom. The molecule has 0 saturated carbocycles. The minimum absolute atomic E-state index is 0.190. The highest BCUT2D eigenvalue weighted by molar-refractivity contribution is 7.89. The zero-order chi connectivity index (χ0) is 14.0. The molecule has 0 aliphatic rings. The van der Waals surface area contributed by atoms with Crippen LogP contribution >= 0.6 is 0 Å². The molecule has 0 atom stereocenters. The van der Waals surface area contributed by atoms with E-state index in [1.54, 1.807) is 24.4 Å². The van der Waals surface area contributed by atoms with Gasteiger partial charge in [0.05, 0.1) is 17.8 Å². The standard InChI is InChI=1S/C14H13N3O2S/c18-20(19,17-9-13-8-15-10-16-13)14-6-5-11-3-1-2-4-12(11)7-14/h1-8,10,17H,9H2,(H,15,16). The molecule has 0 spiro atoms. The van der Waals surface area contributed by atoms with E-state index in [1.165, 1.54) is 6.33 Å². The van der Waals surface area contributed by atoms with Gasteiger partial charge in [-0.2, -0.15) is 0 Å². The minimum Gasteiger partial charge on any atom is -0.347 e. The van der Waals surface area contributed by atoms with Gasteiger partial charge in [-0.1, -0.05) is 30.3 Å².